The Morgan fingerprint density at radius 1 is 0.576 bits per heavy atom. The SMILES string of the molecule is CC1(C)[C@]2(c3sc4ccccc4[s+]3)c3cccc4cccc(c34)[C@]12c1sc2ccccc2[s+]1. The van der Waals surface area contributed by atoms with Crippen molar-refractivity contribution < 1.29 is 0 Å². The Hall–Kier alpha value is -2.24. The number of benzene rings is 4. The summed E-state index contributed by atoms with van der Waals surface area (Å²) in [5.74, 6) is 0. The van der Waals surface area contributed by atoms with E-state index in [9.17, 15) is 0 Å². The van der Waals surface area contributed by atoms with E-state index < -0.39 is 0 Å². The molecule has 0 radical (unpaired) electrons. The van der Waals surface area contributed by atoms with Gasteiger partial charge in [0, 0.05) is 5.41 Å². The summed E-state index contributed by atoms with van der Waals surface area (Å²) < 4.78 is 8.75. The maximum Gasteiger partial charge on any atom is 0.268 e. The van der Waals surface area contributed by atoms with Crippen LogP contribution in [0.4, 0.5) is 0 Å². The zero-order chi connectivity index (χ0) is 22.0. The van der Waals surface area contributed by atoms with Crippen LogP contribution in [0.1, 0.15) is 33.4 Å². The van der Waals surface area contributed by atoms with Crippen LogP contribution in [-0.4, -0.2) is 0 Å². The highest BCUT2D eigenvalue weighted by Crippen LogP contribution is 2.89. The summed E-state index contributed by atoms with van der Waals surface area (Å²) in [5, 5.41) is 2.87. The molecular formula is C29H20S4+2. The van der Waals surface area contributed by atoms with Gasteiger partial charge in [-0.25, -0.2) is 0 Å². The van der Waals surface area contributed by atoms with Crippen LogP contribution in [0.15, 0.2) is 84.9 Å². The molecule has 1 fully saturated rings. The van der Waals surface area contributed by atoms with Gasteiger partial charge in [-0.05, 0) is 46.2 Å². The van der Waals surface area contributed by atoms with E-state index in [2.05, 4.69) is 98.8 Å². The molecule has 8 rings (SSSR count). The highest BCUT2D eigenvalue weighted by molar-refractivity contribution is 7.40. The normalized spacial score (nSPS) is 24.5. The molecule has 0 spiro atoms. The van der Waals surface area contributed by atoms with Crippen molar-refractivity contribution in [3.63, 3.8) is 0 Å². The topological polar surface area (TPSA) is 0 Å². The fraction of sp³-hybridized carbons (Fsp3) is 0.172. The molecule has 0 N–H and O–H groups in total. The van der Waals surface area contributed by atoms with E-state index in [1.54, 1.807) is 8.38 Å². The monoisotopic (exact) mass is 496 g/mol. The van der Waals surface area contributed by atoms with Crippen LogP contribution in [0.2, 0.25) is 0 Å². The largest absolute Gasteiger partial charge is 0.268 e. The van der Waals surface area contributed by atoms with Gasteiger partial charge < -0.3 is 0 Å². The van der Waals surface area contributed by atoms with Crippen LogP contribution in [-0.2, 0) is 10.8 Å². The van der Waals surface area contributed by atoms with E-state index in [1.165, 1.54) is 40.7 Å². The van der Waals surface area contributed by atoms with Gasteiger partial charge in [0.05, 0.1) is 45.3 Å². The van der Waals surface area contributed by atoms with E-state index >= 15 is 0 Å². The fourth-order valence-electron chi connectivity index (χ4n) is 6.94. The van der Waals surface area contributed by atoms with E-state index in [4.69, 9.17) is 0 Å². The molecule has 0 saturated heterocycles. The van der Waals surface area contributed by atoms with Crippen molar-refractivity contribution in [1.82, 2.24) is 0 Å². The van der Waals surface area contributed by atoms with Crippen LogP contribution in [0.3, 0.4) is 0 Å². The molecule has 2 aliphatic rings. The van der Waals surface area contributed by atoms with Crippen LogP contribution in [0.5, 0.6) is 0 Å². The minimum Gasteiger partial charge on any atom is -0.0613 e. The first kappa shape index (κ1) is 19.1. The average molecular weight is 497 g/mol. The van der Waals surface area contributed by atoms with E-state index in [0.717, 1.165) is 0 Å². The van der Waals surface area contributed by atoms with Gasteiger partial charge in [0.25, 0.3) is 8.38 Å². The van der Waals surface area contributed by atoms with Gasteiger partial charge >= 0.3 is 0 Å². The Morgan fingerprint density at radius 2 is 1.06 bits per heavy atom. The lowest BCUT2D eigenvalue weighted by molar-refractivity contribution is 0.533. The first-order chi connectivity index (χ1) is 16.1. The molecule has 4 aromatic carbocycles. The highest BCUT2D eigenvalue weighted by atomic mass is 32.2. The Kier molecular flexibility index (Phi) is 3.51. The molecule has 0 nitrogen and oxygen atoms in total. The second-order valence-electron chi connectivity index (χ2n) is 9.71. The molecule has 0 unspecified atom stereocenters. The molecule has 2 heterocycles. The van der Waals surface area contributed by atoms with Crippen molar-refractivity contribution in [2.75, 3.05) is 0 Å². The van der Waals surface area contributed by atoms with Crippen LogP contribution in [0.25, 0.3) is 29.6 Å². The number of hydrogen-bond acceptors (Lipinski definition) is 2. The molecule has 158 valence electrons. The molecule has 4 heteroatoms. The number of rotatable bonds is 2. The zero-order valence-corrected chi connectivity index (χ0v) is 21.5. The molecule has 0 aliphatic heterocycles. The quantitative estimate of drug-likeness (QED) is 0.209. The van der Waals surface area contributed by atoms with Gasteiger partial charge in [-0.2, -0.15) is 0 Å². The first-order valence-corrected chi connectivity index (χ1v) is 14.5. The Bertz CT molecular complexity index is 1580. The molecule has 2 aliphatic carbocycles. The minimum absolute atomic E-state index is 0.0189. The van der Waals surface area contributed by atoms with Crippen molar-refractivity contribution in [2.45, 2.75) is 24.7 Å². The summed E-state index contributed by atoms with van der Waals surface area (Å²) >= 11 is 8.08. The van der Waals surface area contributed by atoms with Crippen LogP contribution >= 0.6 is 45.3 Å². The zero-order valence-electron chi connectivity index (χ0n) is 18.2. The summed E-state index contributed by atoms with van der Waals surface area (Å²) in [4.78, 5) is 0. The third-order valence-electron chi connectivity index (χ3n) is 8.21. The van der Waals surface area contributed by atoms with Gasteiger partial charge in [-0.15, -0.1) is 0 Å². The number of hydrogen-bond donors (Lipinski definition) is 0. The first-order valence-electron chi connectivity index (χ1n) is 11.3. The molecular weight excluding hydrogens is 477 g/mol. The fourth-order valence-corrected chi connectivity index (χ4v) is 13.6. The van der Waals surface area contributed by atoms with Crippen molar-refractivity contribution in [3.05, 3.63) is 104 Å². The van der Waals surface area contributed by atoms with Crippen molar-refractivity contribution in [1.29, 1.82) is 0 Å². The third kappa shape index (κ3) is 1.94. The van der Waals surface area contributed by atoms with Gasteiger partial charge in [-0.1, -0.05) is 74.5 Å². The smallest absolute Gasteiger partial charge is 0.0613 e. The van der Waals surface area contributed by atoms with Crippen molar-refractivity contribution in [2.24, 2.45) is 5.41 Å². The molecule has 33 heavy (non-hydrogen) atoms. The van der Waals surface area contributed by atoms with Crippen LogP contribution in [0, 0.1) is 5.41 Å². The third-order valence-corrected chi connectivity index (χ3v) is 13.7. The molecule has 1 saturated carbocycles. The standard InChI is InChI=1S/C29H20S4/c1-27(2)28(25-30-20-13-3-4-14-21(20)31-25)18-11-7-9-17-10-8-12-19(24(17)18)29(27,28)26-32-22-15-5-6-16-23(22)33-26/h3-16H,1-2H3/q+2/t28-,29+. The lowest BCUT2D eigenvalue weighted by Crippen LogP contribution is -2.16. The Labute approximate surface area is 208 Å². The predicted molar refractivity (Wildman–Crippen MR) is 148 cm³/mol. The van der Waals surface area contributed by atoms with E-state index in [1.807, 2.05) is 45.3 Å². The lowest BCUT2D eigenvalue weighted by atomic mass is 9.85. The summed E-state index contributed by atoms with van der Waals surface area (Å²) in [5.41, 5.74) is 3.13. The molecule has 6 aromatic rings. The average Bonchev–Trinajstić information content (AvgIpc) is 3.32. The summed E-state index contributed by atoms with van der Waals surface area (Å²) in [6.45, 7) is 5.05. The van der Waals surface area contributed by atoms with E-state index in [0.29, 0.717) is 0 Å². The maximum absolute atomic E-state index is 2.52. The molecule has 2 atom stereocenters. The van der Waals surface area contributed by atoms with Crippen molar-refractivity contribution >= 4 is 74.9 Å². The summed E-state index contributed by atoms with van der Waals surface area (Å²) in [6.07, 6.45) is 0. The molecule has 2 aromatic heterocycles. The van der Waals surface area contributed by atoms with Gasteiger partial charge in [0.1, 0.15) is 10.8 Å². The second-order valence-corrected chi connectivity index (χ2v) is 14.4. The van der Waals surface area contributed by atoms with Gasteiger partial charge in [-0.3, -0.25) is 0 Å². The van der Waals surface area contributed by atoms with Crippen molar-refractivity contribution in [3.8, 4) is 0 Å². The Morgan fingerprint density at radius 3 is 1.55 bits per heavy atom. The van der Waals surface area contributed by atoms with E-state index in [-0.39, 0.29) is 16.2 Å². The summed E-state index contributed by atoms with van der Waals surface area (Å²) in [6, 6.07) is 31.9. The molecule has 0 amide bonds. The van der Waals surface area contributed by atoms with Crippen LogP contribution < -0.4 is 0 Å². The summed E-state index contributed by atoms with van der Waals surface area (Å²) in [7, 11) is 0. The molecule has 0 bridgehead atoms. The number of fused-ring (bicyclic) bond motifs is 5. The maximum atomic E-state index is 2.52. The predicted octanol–water partition coefficient (Wildman–Crippen LogP) is 9.58. The second kappa shape index (κ2) is 6.05. The van der Waals surface area contributed by atoms with Gasteiger partial charge in [0.2, 0.25) is 0 Å². The Balaban J connectivity index is 1.55. The lowest BCUT2D eigenvalue weighted by Gasteiger charge is -2.17. The minimum atomic E-state index is -0.0189. The highest BCUT2D eigenvalue weighted by Gasteiger charge is 2.94. The van der Waals surface area contributed by atoms with Gasteiger partial charge in [0.15, 0.2) is 18.8 Å².